The third-order valence-corrected chi connectivity index (χ3v) is 4.93. The SMILES string of the molecule is Cc1ccc(C2CN(C)Cc3c(Cl)cc(Cl)cc32)cc1C(=O)[O-].[Na+]. The van der Waals surface area contributed by atoms with Crippen LogP contribution >= 0.6 is 23.2 Å². The fraction of sp³-hybridized carbons (Fsp3) is 0.278. The maximum absolute atomic E-state index is 11.3. The second-order valence-corrected chi connectivity index (χ2v) is 6.91. The maximum Gasteiger partial charge on any atom is 1.00 e. The van der Waals surface area contributed by atoms with Gasteiger partial charge >= 0.3 is 29.6 Å². The zero-order valence-electron chi connectivity index (χ0n) is 13.9. The molecule has 1 aliphatic rings. The summed E-state index contributed by atoms with van der Waals surface area (Å²) in [6.07, 6.45) is 0. The van der Waals surface area contributed by atoms with E-state index >= 15 is 0 Å². The first-order valence-electron chi connectivity index (χ1n) is 7.35. The number of carboxylic acids is 1. The van der Waals surface area contributed by atoms with E-state index in [1.54, 1.807) is 19.1 Å². The van der Waals surface area contributed by atoms with Crippen molar-refractivity contribution in [2.24, 2.45) is 0 Å². The second kappa shape index (κ2) is 7.77. The van der Waals surface area contributed by atoms with E-state index in [1.165, 1.54) is 0 Å². The van der Waals surface area contributed by atoms with E-state index in [2.05, 4.69) is 4.90 Å². The Hall–Kier alpha value is -0.550. The Morgan fingerprint density at radius 1 is 1.25 bits per heavy atom. The summed E-state index contributed by atoms with van der Waals surface area (Å²) in [6.45, 7) is 3.30. The number of carboxylic acid groups (broad SMARTS) is 1. The number of benzene rings is 2. The molecular formula is C18H16Cl2NNaO2. The summed E-state index contributed by atoms with van der Waals surface area (Å²) >= 11 is 12.5. The Kier molecular flexibility index (Phi) is 6.40. The summed E-state index contributed by atoms with van der Waals surface area (Å²) in [5.41, 5.74) is 3.97. The van der Waals surface area contributed by atoms with E-state index in [0.29, 0.717) is 15.6 Å². The van der Waals surface area contributed by atoms with Crippen molar-refractivity contribution in [1.29, 1.82) is 0 Å². The molecular weight excluding hydrogens is 356 g/mol. The minimum absolute atomic E-state index is 0. The Bertz CT molecular complexity index is 795. The summed E-state index contributed by atoms with van der Waals surface area (Å²) in [5.74, 6) is -1.13. The molecule has 24 heavy (non-hydrogen) atoms. The molecule has 1 atom stereocenters. The number of hydrogen-bond donors (Lipinski definition) is 0. The van der Waals surface area contributed by atoms with Gasteiger partial charge in [-0.25, -0.2) is 0 Å². The molecule has 0 saturated carbocycles. The van der Waals surface area contributed by atoms with E-state index in [-0.39, 0.29) is 41.0 Å². The van der Waals surface area contributed by atoms with Gasteiger partial charge in [0.05, 0.1) is 5.97 Å². The van der Waals surface area contributed by atoms with Crippen LogP contribution in [-0.4, -0.2) is 24.5 Å². The fourth-order valence-corrected chi connectivity index (χ4v) is 3.78. The number of aryl methyl sites for hydroxylation is 1. The Balaban J connectivity index is 0.00000208. The van der Waals surface area contributed by atoms with Gasteiger partial charge in [0.1, 0.15) is 0 Å². The number of nitrogens with zero attached hydrogens (tertiary/aromatic N) is 1. The second-order valence-electron chi connectivity index (χ2n) is 6.07. The predicted molar refractivity (Wildman–Crippen MR) is 90.1 cm³/mol. The Morgan fingerprint density at radius 3 is 2.62 bits per heavy atom. The van der Waals surface area contributed by atoms with Crippen LogP contribution < -0.4 is 34.7 Å². The Morgan fingerprint density at radius 2 is 1.96 bits per heavy atom. The summed E-state index contributed by atoms with van der Waals surface area (Å²) in [5, 5.41) is 12.6. The van der Waals surface area contributed by atoms with E-state index in [0.717, 1.165) is 29.8 Å². The molecule has 0 radical (unpaired) electrons. The molecule has 0 aromatic heterocycles. The zero-order valence-corrected chi connectivity index (χ0v) is 17.4. The van der Waals surface area contributed by atoms with Crippen LogP contribution in [0.15, 0.2) is 30.3 Å². The van der Waals surface area contributed by atoms with Crippen LogP contribution in [-0.2, 0) is 6.54 Å². The number of hydrogen-bond acceptors (Lipinski definition) is 3. The van der Waals surface area contributed by atoms with Crippen LogP contribution in [0, 0.1) is 6.92 Å². The minimum atomic E-state index is -1.15. The number of rotatable bonds is 2. The molecule has 2 aromatic carbocycles. The number of aromatic carboxylic acids is 1. The van der Waals surface area contributed by atoms with Crippen LogP contribution in [0.5, 0.6) is 0 Å². The van der Waals surface area contributed by atoms with Crippen LogP contribution in [0.2, 0.25) is 10.0 Å². The third kappa shape index (κ3) is 3.82. The van der Waals surface area contributed by atoms with Crippen molar-refractivity contribution in [2.75, 3.05) is 13.6 Å². The van der Waals surface area contributed by atoms with Gasteiger partial charge in [-0.05, 0) is 54.4 Å². The molecule has 0 amide bonds. The third-order valence-electron chi connectivity index (χ3n) is 4.38. The van der Waals surface area contributed by atoms with E-state index in [4.69, 9.17) is 23.2 Å². The average Bonchev–Trinajstić information content (AvgIpc) is 2.48. The molecule has 1 heterocycles. The molecule has 2 aromatic rings. The van der Waals surface area contributed by atoms with Gasteiger partial charge in [-0.15, -0.1) is 0 Å². The number of fused-ring (bicyclic) bond motifs is 1. The smallest absolute Gasteiger partial charge is 0.545 e. The normalized spacial score (nSPS) is 17.1. The zero-order chi connectivity index (χ0) is 16.7. The first-order valence-corrected chi connectivity index (χ1v) is 8.10. The molecule has 0 saturated heterocycles. The van der Waals surface area contributed by atoms with Gasteiger partial charge in [0.15, 0.2) is 0 Å². The number of halogens is 2. The van der Waals surface area contributed by atoms with Crippen LogP contribution in [0.3, 0.4) is 0 Å². The topological polar surface area (TPSA) is 43.4 Å². The Labute approximate surface area is 173 Å². The minimum Gasteiger partial charge on any atom is -0.545 e. The standard InChI is InChI=1S/C18H17Cl2NO2.Na/c1-10-3-4-11(5-13(10)18(22)23)15-8-21(2)9-16-14(15)6-12(19)7-17(16)20;/h3-7,15H,8-9H2,1-2H3,(H,22,23);/q;+1/p-1. The van der Waals surface area contributed by atoms with Crippen LogP contribution in [0.25, 0.3) is 0 Å². The first-order chi connectivity index (χ1) is 10.9. The van der Waals surface area contributed by atoms with Crippen LogP contribution in [0.1, 0.15) is 38.5 Å². The molecule has 120 valence electrons. The van der Waals surface area contributed by atoms with E-state index in [9.17, 15) is 9.90 Å². The monoisotopic (exact) mass is 371 g/mol. The van der Waals surface area contributed by atoms with Crippen molar-refractivity contribution in [3.63, 3.8) is 0 Å². The van der Waals surface area contributed by atoms with Crippen molar-refractivity contribution in [3.8, 4) is 0 Å². The van der Waals surface area contributed by atoms with Crippen LogP contribution in [0.4, 0.5) is 0 Å². The molecule has 0 bridgehead atoms. The van der Waals surface area contributed by atoms with E-state index in [1.807, 2.05) is 25.2 Å². The molecule has 3 nitrogen and oxygen atoms in total. The van der Waals surface area contributed by atoms with Crippen molar-refractivity contribution in [3.05, 3.63) is 68.2 Å². The molecule has 3 rings (SSSR count). The molecule has 1 unspecified atom stereocenters. The molecule has 0 spiro atoms. The van der Waals surface area contributed by atoms with Crippen molar-refractivity contribution < 1.29 is 39.5 Å². The largest absolute Gasteiger partial charge is 1.00 e. The molecule has 0 fully saturated rings. The fourth-order valence-electron chi connectivity index (χ4n) is 3.21. The van der Waals surface area contributed by atoms with E-state index < -0.39 is 5.97 Å². The first kappa shape index (κ1) is 19.8. The molecule has 1 aliphatic heterocycles. The van der Waals surface area contributed by atoms with Gasteiger partial charge in [-0.3, -0.25) is 0 Å². The maximum atomic E-state index is 11.3. The summed E-state index contributed by atoms with van der Waals surface area (Å²) in [4.78, 5) is 13.5. The molecule has 6 heteroatoms. The van der Waals surface area contributed by atoms with Gasteiger partial charge in [-0.2, -0.15) is 0 Å². The summed E-state index contributed by atoms with van der Waals surface area (Å²) in [7, 11) is 2.02. The molecule has 0 aliphatic carbocycles. The van der Waals surface area contributed by atoms with Crippen molar-refractivity contribution in [1.82, 2.24) is 4.90 Å². The van der Waals surface area contributed by atoms with Gasteiger partial charge in [-0.1, -0.05) is 35.3 Å². The van der Waals surface area contributed by atoms with Gasteiger partial charge < -0.3 is 14.8 Å². The number of carbonyl (C=O) groups is 1. The molecule has 0 N–H and O–H groups in total. The van der Waals surface area contributed by atoms with Gasteiger partial charge in [0.25, 0.3) is 0 Å². The van der Waals surface area contributed by atoms with Gasteiger partial charge in [0.2, 0.25) is 0 Å². The number of carbonyl (C=O) groups excluding carboxylic acids is 1. The van der Waals surface area contributed by atoms with Crippen molar-refractivity contribution in [2.45, 2.75) is 19.4 Å². The summed E-state index contributed by atoms with van der Waals surface area (Å²) < 4.78 is 0. The summed E-state index contributed by atoms with van der Waals surface area (Å²) in [6, 6.07) is 9.16. The number of likely N-dealkylation sites (N-methyl/N-ethyl adjacent to an activating group) is 1. The average molecular weight is 372 g/mol. The van der Waals surface area contributed by atoms with Crippen molar-refractivity contribution >= 4 is 29.2 Å². The quantitative estimate of drug-likeness (QED) is 0.710. The predicted octanol–water partition coefficient (Wildman–Crippen LogP) is 0.247. The van der Waals surface area contributed by atoms with Gasteiger partial charge in [0, 0.05) is 34.6 Å².